The lowest BCUT2D eigenvalue weighted by Crippen LogP contribution is -2.49. The van der Waals surface area contributed by atoms with Gasteiger partial charge in [0.2, 0.25) is 5.91 Å². The Morgan fingerprint density at radius 1 is 1.41 bits per heavy atom. The fourth-order valence-corrected chi connectivity index (χ4v) is 2.14. The van der Waals surface area contributed by atoms with Gasteiger partial charge in [-0.15, -0.1) is 0 Å². The van der Waals surface area contributed by atoms with Crippen molar-refractivity contribution in [3.63, 3.8) is 0 Å². The van der Waals surface area contributed by atoms with Crippen LogP contribution in [0.4, 0.5) is 0 Å². The molecule has 1 rings (SSSR count). The highest BCUT2D eigenvalue weighted by Crippen LogP contribution is 2.17. The van der Waals surface area contributed by atoms with Crippen molar-refractivity contribution in [3.8, 4) is 0 Å². The monoisotopic (exact) mass is 242 g/mol. The van der Waals surface area contributed by atoms with E-state index in [0.717, 1.165) is 25.9 Å². The summed E-state index contributed by atoms with van der Waals surface area (Å²) in [7, 11) is 1.93. The molecule has 1 heterocycles. The minimum absolute atomic E-state index is 0.125. The molecule has 1 unspecified atom stereocenters. The van der Waals surface area contributed by atoms with Crippen LogP contribution >= 0.6 is 0 Å². The highest BCUT2D eigenvalue weighted by molar-refractivity contribution is 5.78. The van der Waals surface area contributed by atoms with E-state index >= 15 is 0 Å². The van der Waals surface area contributed by atoms with Crippen LogP contribution in [-0.4, -0.2) is 49.2 Å². The molecule has 100 valence electrons. The maximum Gasteiger partial charge on any atom is 0.248 e. The van der Waals surface area contributed by atoms with Crippen molar-refractivity contribution in [2.24, 2.45) is 0 Å². The van der Waals surface area contributed by atoms with Crippen molar-refractivity contribution in [3.05, 3.63) is 0 Å². The smallest absolute Gasteiger partial charge is 0.248 e. The van der Waals surface area contributed by atoms with Crippen LogP contribution in [-0.2, 0) is 9.53 Å². The van der Waals surface area contributed by atoms with E-state index in [4.69, 9.17) is 4.74 Å². The Morgan fingerprint density at radius 3 is 2.71 bits per heavy atom. The molecule has 1 aliphatic rings. The van der Waals surface area contributed by atoms with Crippen LogP contribution in [0.3, 0.4) is 0 Å². The van der Waals surface area contributed by atoms with E-state index in [0.29, 0.717) is 6.04 Å². The number of amides is 1. The lowest BCUT2D eigenvalue weighted by Gasteiger charge is -2.36. The minimum Gasteiger partial charge on any atom is -0.366 e. The van der Waals surface area contributed by atoms with E-state index in [-0.39, 0.29) is 18.1 Å². The molecule has 0 aliphatic carbocycles. The number of piperidine rings is 1. The van der Waals surface area contributed by atoms with Crippen LogP contribution in [0.15, 0.2) is 0 Å². The Balaban J connectivity index is 2.47. The Hall–Kier alpha value is -0.610. The summed E-state index contributed by atoms with van der Waals surface area (Å²) in [5.41, 5.74) is -0.246. The number of nitrogens with one attached hydrogen (secondary N) is 1. The SMILES string of the molecule is CNCC1CCCCN1C(=O)COC(C)(C)C. The van der Waals surface area contributed by atoms with Gasteiger partial charge in [0.1, 0.15) is 6.61 Å². The topological polar surface area (TPSA) is 41.6 Å². The second-order valence-corrected chi connectivity index (χ2v) is 5.70. The van der Waals surface area contributed by atoms with Gasteiger partial charge in [-0.05, 0) is 47.1 Å². The van der Waals surface area contributed by atoms with Crippen LogP contribution in [0.1, 0.15) is 40.0 Å². The summed E-state index contributed by atoms with van der Waals surface area (Å²) in [6, 6.07) is 0.338. The van der Waals surface area contributed by atoms with Gasteiger partial charge >= 0.3 is 0 Å². The van der Waals surface area contributed by atoms with E-state index in [1.807, 2.05) is 32.7 Å². The molecule has 17 heavy (non-hydrogen) atoms. The third-order valence-corrected chi connectivity index (χ3v) is 3.02. The highest BCUT2D eigenvalue weighted by atomic mass is 16.5. The number of likely N-dealkylation sites (tertiary alicyclic amines) is 1. The number of likely N-dealkylation sites (N-methyl/N-ethyl adjacent to an activating group) is 1. The summed E-state index contributed by atoms with van der Waals surface area (Å²) in [5.74, 6) is 0.125. The number of rotatable bonds is 4. The van der Waals surface area contributed by atoms with E-state index in [2.05, 4.69) is 5.32 Å². The number of nitrogens with zero attached hydrogens (tertiary/aromatic N) is 1. The summed E-state index contributed by atoms with van der Waals surface area (Å²) in [6.07, 6.45) is 3.43. The minimum atomic E-state index is -0.246. The van der Waals surface area contributed by atoms with Crippen LogP contribution in [0.25, 0.3) is 0 Å². The van der Waals surface area contributed by atoms with E-state index in [1.165, 1.54) is 6.42 Å². The van der Waals surface area contributed by atoms with Crippen molar-refractivity contribution in [1.82, 2.24) is 10.2 Å². The molecule has 1 atom stereocenters. The normalized spacial score (nSPS) is 21.6. The number of hydrogen-bond donors (Lipinski definition) is 1. The van der Waals surface area contributed by atoms with Crippen LogP contribution < -0.4 is 5.32 Å². The Kier molecular flexibility index (Phi) is 5.40. The van der Waals surface area contributed by atoms with Gasteiger partial charge in [0.15, 0.2) is 0 Å². The molecule has 0 aromatic rings. The molecular formula is C13H26N2O2. The average molecular weight is 242 g/mol. The van der Waals surface area contributed by atoms with Gasteiger partial charge in [0.25, 0.3) is 0 Å². The molecule has 0 spiro atoms. The van der Waals surface area contributed by atoms with Crippen molar-refractivity contribution in [1.29, 1.82) is 0 Å². The molecule has 1 fully saturated rings. The largest absolute Gasteiger partial charge is 0.366 e. The first kappa shape index (κ1) is 14.5. The number of ether oxygens (including phenoxy) is 1. The van der Waals surface area contributed by atoms with Gasteiger partial charge < -0.3 is 15.0 Å². The Morgan fingerprint density at radius 2 is 2.12 bits per heavy atom. The first-order chi connectivity index (χ1) is 7.94. The lowest BCUT2D eigenvalue weighted by molar-refractivity contribution is -0.144. The van der Waals surface area contributed by atoms with Crippen molar-refractivity contribution < 1.29 is 9.53 Å². The molecule has 1 saturated heterocycles. The zero-order valence-electron chi connectivity index (χ0n) is 11.6. The van der Waals surface area contributed by atoms with Crippen LogP contribution in [0.5, 0.6) is 0 Å². The molecule has 4 nitrogen and oxygen atoms in total. The lowest BCUT2D eigenvalue weighted by atomic mass is 10.0. The van der Waals surface area contributed by atoms with Crippen molar-refractivity contribution in [2.75, 3.05) is 26.7 Å². The summed E-state index contributed by atoms with van der Waals surface area (Å²) in [5, 5.41) is 3.16. The number of carbonyl (C=O) groups excluding carboxylic acids is 1. The molecular weight excluding hydrogens is 216 g/mol. The van der Waals surface area contributed by atoms with E-state index in [9.17, 15) is 4.79 Å². The quantitative estimate of drug-likeness (QED) is 0.810. The fraction of sp³-hybridized carbons (Fsp3) is 0.923. The average Bonchev–Trinajstić information content (AvgIpc) is 2.26. The second kappa shape index (κ2) is 6.36. The van der Waals surface area contributed by atoms with Crippen LogP contribution in [0, 0.1) is 0 Å². The molecule has 0 radical (unpaired) electrons. The predicted octanol–water partition coefficient (Wildman–Crippen LogP) is 1.40. The third-order valence-electron chi connectivity index (χ3n) is 3.02. The maximum atomic E-state index is 12.1. The van der Waals surface area contributed by atoms with Gasteiger partial charge in [0.05, 0.1) is 5.60 Å². The van der Waals surface area contributed by atoms with Crippen LogP contribution in [0.2, 0.25) is 0 Å². The summed E-state index contributed by atoms with van der Waals surface area (Å²) in [6.45, 7) is 7.87. The number of hydrogen-bond acceptors (Lipinski definition) is 3. The van der Waals surface area contributed by atoms with Gasteiger partial charge in [-0.25, -0.2) is 0 Å². The third kappa shape index (κ3) is 5.04. The van der Waals surface area contributed by atoms with Gasteiger partial charge in [-0.1, -0.05) is 0 Å². The van der Waals surface area contributed by atoms with Gasteiger partial charge in [-0.3, -0.25) is 4.79 Å². The van der Waals surface area contributed by atoms with E-state index in [1.54, 1.807) is 0 Å². The molecule has 0 aromatic heterocycles. The van der Waals surface area contributed by atoms with Gasteiger partial charge in [-0.2, -0.15) is 0 Å². The number of carbonyl (C=O) groups is 1. The first-order valence-corrected chi connectivity index (χ1v) is 6.52. The summed E-state index contributed by atoms with van der Waals surface area (Å²) >= 11 is 0. The maximum absolute atomic E-state index is 12.1. The molecule has 1 amide bonds. The van der Waals surface area contributed by atoms with Gasteiger partial charge in [0, 0.05) is 19.1 Å². The first-order valence-electron chi connectivity index (χ1n) is 6.52. The molecule has 4 heteroatoms. The molecule has 0 saturated carbocycles. The summed E-state index contributed by atoms with van der Waals surface area (Å²) in [4.78, 5) is 14.1. The molecule has 0 bridgehead atoms. The Labute approximate surface area is 105 Å². The highest BCUT2D eigenvalue weighted by Gasteiger charge is 2.26. The van der Waals surface area contributed by atoms with Crippen molar-refractivity contribution in [2.45, 2.75) is 51.7 Å². The zero-order chi connectivity index (χ0) is 12.9. The Bertz CT molecular complexity index is 246. The van der Waals surface area contributed by atoms with Crippen molar-refractivity contribution >= 4 is 5.91 Å². The second-order valence-electron chi connectivity index (χ2n) is 5.70. The standard InChI is InChI=1S/C13H26N2O2/c1-13(2,3)17-10-12(16)15-8-6-5-7-11(15)9-14-4/h11,14H,5-10H2,1-4H3. The fourth-order valence-electron chi connectivity index (χ4n) is 2.14. The summed E-state index contributed by atoms with van der Waals surface area (Å²) < 4.78 is 5.56. The zero-order valence-corrected chi connectivity index (χ0v) is 11.6. The molecule has 1 aliphatic heterocycles. The predicted molar refractivity (Wildman–Crippen MR) is 69.0 cm³/mol. The van der Waals surface area contributed by atoms with E-state index < -0.39 is 0 Å². The molecule has 1 N–H and O–H groups in total. The molecule has 0 aromatic carbocycles.